The summed E-state index contributed by atoms with van der Waals surface area (Å²) in [7, 11) is 0. The van der Waals surface area contributed by atoms with Crippen LogP contribution in [-0.4, -0.2) is 11.8 Å². The number of ketones is 1. The maximum Gasteiger partial charge on any atom is 0.138 e. The first-order valence-corrected chi connectivity index (χ1v) is 5.91. The smallest absolute Gasteiger partial charge is 0.138 e. The average Bonchev–Trinajstić information content (AvgIpc) is 2.28. The van der Waals surface area contributed by atoms with Crippen LogP contribution in [0.2, 0.25) is 0 Å². The molecule has 0 aliphatic rings. The second kappa shape index (κ2) is 5.11. The van der Waals surface area contributed by atoms with Crippen LogP contribution >= 0.6 is 0 Å². The summed E-state index contributed by atoms with van der Waals surface area (Å²) >= 11 is 0. The van der Waals surface area contributed by atoms with Gasteiger partial charge in [0, 0.05) is 18.9 Å². The predicted octanol–water partition coefficient (Wildman–Crippen LogP) is 2.69. The van der Waals surface area contributed by atoms with Crippen LogP contribution in [0.1, 0.15) is 18.9 Å². The van der Waals surface area contributed by atoms with Gasteiger partial charge >= 0.3 is 0 Å². The lowest BCUT2D eigenvalue weighted by atomic mass is 9.98. The Morgan fingerprint density at radius 3 is 2.65 bits per heavy atom. The maximum atomic E-state index is 11.8. The zero-order chi connectivity index (χ0) is 12.3. The monoisotopic (exact) mass is 227 g/mol. The topological polar surface area (TPSA) is 43.1 Å². The highest BCUT2D eigenvalue weighted by Crippen LogP contribution is 2.19. The molecule has 0 fully saturated rings. The van der Waals surface area contributed by atoms with Crippen molar-refractivity contribution in [1.29, 1.82) is 0 Å². The molecule has 0 saturated carbocycles. The Labute approximate surface area is 101 Å². The van der Waals surface area contributed by atoms with E-state index >= 15 is 0 Å². The molecule has 2 aromatic rings. The van der Waals surface area contributed by atoms with Gasteiger partial charge in [0.2, 0.25) is 0 Å². The van der Waals surface area contributed by atoms with Crippen LogP contribution < -0.4 is 5.73 Å². The van der Waals surface area contributed by atoms with Crippen LogP contribution in [-0.2, 0) is 11.2 Å². The highest BCUT2D eigenvalue weighted by molar-refractivity contribution is 5.91. The minimum Gasteiger partial charge on any atom is -0.328 e. The molecule has 0 aliphatic heterocycles. The minimum atomic E-state index is -0.0579. The average molecular weight is 227 g/mol. The van der Waals surface area contributed by atoms with Gasteiger partial charge in [-0.2, -0.15) is 0 Å². The number of benzene rings is 2. The van der Waals surface area contributed by atoms with Gasteiger partial charge in [-0.15, -0.1) is 0 Å². The lowest BCUT2D eigenvalue weighted by Crippen LogP contribution is -2.20. The Balaban J connectivity index is 2.27. The molecule has 2 rings (SSSR count). The SMILES string of the molecule is C[C@H](N)CC(=O)Cc1cccc2ccccc12. The third-order valence-corrected chi connectivity index (χ3v) is 2.82. The number of nitrogens with two attached hydrogens (primary N) is 1. The molecule has 0 spiro atoms. The molecule has 0 radical (unpaired) electrons. The molecule has 0 heterocycles. The fraction of sp³-hybridized carbons (Fsp3) is 0.267. The van der Waals surface area contributed by atoms with Crippen molar-refractivity contribution in [3.63, 3.8) is 0 Å². The number of hydrogen-bond donors (Lipinski definition) is 1. The lowest BCUT2D eigenvalue weighted by molar-refractivity contribution is -0.118. The summed E-state index contributed by atoms with van der Waals surface area (Å²) in [6, 6.07) is 14.2. The Morgan fingerprint density at radius 1 is 1.18 bits per heavy atom. The van der Waals surface area contributed by atoms with Gasteiger partial charge in [0.15, 0.2) is 0 Å². The summed E-state index contributed by atoms with van der Waals surface area (Å²) in [4.78, 5) is 11.8. The van der Waals surface area contributed by atoms with E-state index in [1.807, 2.05) is 31.2 Å². The zero-order valence-corrected chi connectivity index (χ0v) is 10.0. The molecular formula is C15H17NO. The summed E-state index contributed by atoms with van der Waals surface area (Å²) in [5.74, 6) is 0.205. The van der Waals surface area contributed by atoms with Crippen molar-refractivity contribution in [1.82, 2.24) is 0 Å². The van der Waals surface area contributed by atoms with Gasteiger partial charge in [0.05, 0.1) is 0 Å². The van der Waals surface area contributed by atoms with Crippen LogP contribution in [0.5, 0.6) is 0 Å². The summed E-state index contributed by atoms with van der Waals surface area (Å²) in [5, 5.41) is 2.34. The molecule has 2 nitrogen and oxygen atoms in total. The van der Waals surface area contributed by atoms with E-state index < -0.39 is 0 Å². The normalized spacial score (nSPS) is 12.6. The van der Waals surface area contributed by atoms with E-state index in [1.165, 1.54) is 5.39 Å². The van der Waals surface area contributed by atoms with E-state index in [0.29, 0.717) is 12.8 Å². The number of rotatable bonds is 4. The van der Waals surface area contributed by atoms with Crippen molar-refractivity contribution in [2.45, 2.75) is 25.8 Å². The minimum absolute atomic E-state index is 0.0579. The van der Waals surface area contributed by atoms with Crippen molar-refractivity contribution in [3.8, 4) is 0 Å². The maximum absolute atomic E-state index is 11.8. The van der Waals surface area contributed by atoms with Crippen LogP contribution in [0.15, 0.2) is 42.5 Å². The molecule has 2 heteroatoms. The number of carbonyl (C=O) groups excluding carboxylic acids is 1. The molecule has 1 atom stereocenters. The number of carbonyl (C=O) groups is 1. The first-order valence-electron chi connectivity index (χ1n) is 5.91. The number of hydrogen-bond acceptors (Lipinski definition) is 2. The number of Topliss-reactive ketones (excluding diaryl/α,β-unsaturated/α-hetero) is 1. The van der Waals surface area contributed by atoms with E-state index in [9.17, 15) is 4.79 Å². The van der Waals surface area contributed by atoms with E-state index in [0.717, 1.165) is 10.9 Å². The summed E-state index contributed by atoms with van der Waals surface area (Å²) in [6.45, 7) is 1.86. The molecule has 0 amide bonds. The molecule has 0 aromatic heterocycles. The first kappa shape index (κ1) is 11.8. The molecule has 88 valence electrons. The fourth-order valence-electron chi connectivity index (χ4n) is 2.09. The van der Waals surface area contributed by atoms with Crippen LogP contribution in [0.3, 0.4) is 0 Å². The third-order valence-electron chi connectivity index (χ3n) is 2.82. The quantitative estimate of drug-likeness (QED) is 0.872. The standard InChI is InChI=1S/C15H17NO/c1-11(16)9-14(17)10-13-7-4-6-12-5-2-3-8-15(12)13/h2-8,11H,9-10,16H2,1H3/t11-/m0/s1. The zero-order valence-electron chi connectivity index (χ0n) is 10.0. The molecular weight excluding hydrogens is 210 g/mol. The Kier molecular flexibility index (Phi) is 3.55. The molecule has 0 aliphatic carbocycles. The van der Waals surface area contributed by atoms with E-state index in [4.69, 9.17) is 5.73 Å². The third kappa shape index (κ3) is 2.92. The first-order chi connectivity index (χ1) is 8.16. The van der Waals surface area contributed by atoms with Crippen molar-refractivity contribution in [2.75, 3.05) is 0 Å². The van der Waals surface area contributed by atoms with E-state index in [2.05, 4.69) is 18.2 Å². The van der Waals surface area contributed by atoms with E-state index in [1.54, 1.807) is 0 Å². The Hall–Kier alpha value is -1.67. The van der Waals surface area contributed by atoms with Crippen molar-refractivity contribution < 1.29 is 4.79 Å². The van der Waals surface area contributed by atoms with Crippen LogP contribution in [0, 0.1) is 0 Å². The van der Waals surface area contributed by atoms with Gasteiger partial charge in [0.1, 0.15) is 5.78 Å². The molecule has 2 aromatic carbocycles. The summed E-state index contributed by atoms with van der Waals surface area (Å²) in [6.07, 6.45) is 0.923. The van der Waals surface area contributed by atoms with Gasteiger partial charge in [0.25, 0.3) is 0 Å². The second-order valence-corrected chi connectivity index (χ2v) is 4.54. The highest BCUT2D eigenvalue weighted by atomic mass is 16.1. The van der Waals surface area contributed by atoms with Crippen LogP contribution in [0.4, 0.5) is 0 Å². The van der Waals surface area contributed by atoms with Gasteiger partial charge in [-0.25, -0.2) is 0 Å². The largest absolute Gasteiger partial charge is 0.328 e. The van der Waals surface area contributed by atoms with Gasteiger partial charge in [-0.05, 0) is 23.3 Å². The van der Waals surface area contributed by atoms with Crippen LogP contribution in [0.25, 0.3) is 10.8 Å². The number of fused-ring (bicyclic) bond motifs is 1. The Bertz CT molecular complexity index is 526. The predicted molar refractivity (Wildman–Crippen MR) is 70.9 cm³/mol. The van der Waals surface area contributed by atoms with Gasteiger partial charge in [-0.3, -0.25) is 4.79 Å². The molecule has 2 N–H and O–H groups in total. The van der Waals surface area contributed by atoms with Gasteiger partial charge in [-0.1, -0.05) is 42.5 Å². The molecule has 0 unspecified atom stereocenters. The Morgan fingerprint density at radius 2 is 1.88 bits per heavy atom. The van der Waals surface area contributed by atoms with E-state index in [-0.39, 0.29) is 11.8 Å². The fourth-order valence-corrected chi connectivity index (χ4v) is 2.09. The molecule has 0 bridgehead atoms. The van der Waals surface area contributed by atoms with Crippen molar-refractivity contribution in [3.05, 3.63) is 48.0 Å². The molecule has 0 saturated heterocycles. The summed E-state index contributed by atoms with van der Waals surface area (Å²) in [5.41, 5.74) is 6.73. The van der Waals surface area contributed by atoms with Gasteiger partial charge < -0.3 is 5.73 Å². The van der Waals surface area contributed by atoms with Crippen molar-refractivity contribution in [2.24, 2.45) is 5.73 Å². The molecule has 17 heavy (non-hydrogen) atoms. The second-order valence-electron chi connectivity index (χ2n) is 4.54. The van der Waals surface area contributed by atoms with Crippen molar-refractivity contribution >= 4 is 16.6 Å². The summed E-state index contributed by atoms with van der Waals surface area (Å²) < 4.78 is 0. The highest BCUT2D eigenvalue weighted by Gasteiger charge is 2.08. The lowest BCUT2D eigenvalue weighted by Gasteiger charge is -2.07.